The monoisotopic (exact) mass is 307 g/mol. The molecule has 1 aromatic heterocycles. The molecule has 0 fully saturated rings. The minimum atomic E-state index is -3.56. The van der Waals surface area contributed by atoms with Crippen LogP contribution in [0.15, 0.2) is 35.4 Å². The summed E-state index contributed by atoms with van der Waals surface area (Å²) in [5.41, 5.74) is 3.61. The number of aromatic amines is 1. The molecule has 5 nitrogen and oxygen atoms in total. The molecule has 0 aliphatic heterocycles. The van der Waals surface area contributed by atoms with Crippen LogP contribution in [-0.2, 0) is 16.6 Å². The van der Waals surface area contributed by atoms with E-state index in [1.54, 1.807) is 12.1 Å². The van der Waals surface area contributed by atoms with Gasteiger partial charge in [0.15, 0.2) is 0 Å². The predicted molar refractivity (Wildman–Crippen MR) is 84.9 cm³/mol. The predicted octanol–water partition coefficient (Wildman–Crippen LogP) is 2.54. The number of aryl methyl sites for hydroxylation is 2. The Labute approximate surface area is 125 Å². The lowest BCUT2D eigenvalue weighted by atomic mass is 10.1. The normalized spacial score (nSPS) is 11.6. The Morgan fingerprint density at radius 3 is 2.57 bits per heavy atom. The number of hydrogen-bond acceptors (Lipinski definition) is 3. The molecule has 1 heterocycles. The molecule has 0 bridgehead atoms. The van der Waals surface area contributed by atoms with Gasteiger partial charge in [-0.3, -0.25) is 4.72 Å². The molecular weight excluding hydrogens is 286 g/mol. The molecule has 0 atom stereocenters. The summed E-state index contributed by atoms with van der Waals surface area (Å²) in [6, 6.07) is 7.15. The quantitative estimate of drug-likeness (QED) is 0.768. The zero-order valence-corrected chi connectivity index (χ0v) is 13.3. The summed E-state index contributed by atoms with van der Waals surface area (Å²) in [6.07, 6.45) is 1.51. The van der Waals surface area contributed by atoms with Crippen molar-refractivity contribution in [1.82, 2.24) is 10.3 Å². The second-order valence-corrected chi connectivity index (χ2v) is 6.73. The van der Waals surface area contributed by atoms with E-state index in [4.69, 9.17) is 0 Å². The summed E-state index contributed by atoms with van der Waals surface area (Å²) in [5.74, 6) is 0. The Morgan fingerprint density at radius 2 is 1.90 bits per heavy atom. The highest BCUT2D eigenvalue weighted by molar-refractivity contribution is 7.92. The van der Waals surface area contributed by atoms with Gasteiger partial charge in [-0.2, -0.15) is 0 Å². The van der Waals surface area contributed by atoms with E-state index in [0.29, 0.717) is 12.2 Å². The summed E-state index contributed by atoms with van der Waals surface area (Å²) < 4.78 is 27.3. The molecule has 0 aliphatic carbocycles. The van der Waals surface area contributed by atoms with Crippen LogP contribution < -0.4 is 10.0 Å². The Hall–Kier alpha value is -1.79. The zero-order valence-electron chi connectivity index (χ0n) is 12.5. The Balaban J connectivity index is 2.17. The van der Waals surface area contributed by atoms with Crippen LogP contribution >= 0.6 is 0 Å². The molecular formula is C15H21N3O2S. The molecule has 0 saturated carbocycles. The highest BCUT2D eigenvalue weighted by Gasteiger charge is 2.16. The molecule has 2 rings (SSSR count). The number of rotatable bonds is 6. The first kappa shape index (κ1) is 15.6. The van der Waals surface area contributed by atoms with Gasteiger partial charge >= 0.3 is 0 Å². The van der Waals surface area contributed by atoms with Crippen molar-refractivity contribution in [2.24, 2.45) is 0 Å². The maximum Gasteiger partial charge on any atom is 0.263 e. The lowest BCUT2D eigenvalue weighted by molar-refractivity contribution is 0.601. The van der Waals surface area contributed by atoms with Crippen LogP contribution in [0.2, 0.25) is 0 Å². The Morgan fingerprint density at radius 1 is 1.14 bits per heavy atom. The highest BCUT2D eigenvalue weighted by Crippen LogP contribution is 2.19. The summed E-state index contributed by atoms with van der Waals surface area (Å²) in [6.45, 7) is 7.41. The number of nitrogens with one attached hydrogen (secondary N) is 3. The van der Waals surface area contributed by atoms with E-state index < -0.39 is 10.0 Å². The molecule has 114 valence electrons. The second kappa shape index (κ2) is 6.32. The van der Waals surface area contributed by atoms with Gasteiger partial charge in [0.05, 0.1) is 0 Å². The van der Waals surface area contributed by atoms with E-state index in [-0.39, 0.29) is 4.90 Å². The van der Waals surface area contributed by atoms with Crippen molar-refractivity contribution in [2.75, 3.05) is 11.3 Å². The smallest absolute Gasteiger partial charge is 0.263 e. The van der Waals surface area contributed by atoms with Gasteiger partial charge in [0.25, 0.3) is 10.0 Å². The van der Waals surface area contributed by atoms with Gasteiger partial charge in [0, 0.05) is 24.1 Å². The molecule has 0 amide bonds. The van der Waals surface area contributed by atoms with E-state index >= 15 is 0 Å². The van der Waals surface area contributed by atoms with E-state index in [9.17, 15) is 8.42 Å². The van der Waals surface area contributed by atoms with Crippen LogP contribution in [0.5, 0.6) is 0 Å². The van der Waals surface area contributed by atoms with Gasteiger partial charge < -0.3 is 10.3 Å². The number of sulfonamides is 1. The first-order chi connectivity index (χ1) is 9.92. The zero-order chi connectivity index (χ0) is 15.5. The van der Waals surface area contributed by atoms with Crippen LogP contribution in [0.25, 0.3) is 0 Å². The van der Waals surface area contributed by atoms with Crippen molar-refractivity contribution < 1.29 is 8.42 Å². The van der Waals surface area contributed by atoms with Crippen molar-refractivity contribution in [3.63, 3.8) is 0 Å². The summed E-state index contributed by atoms with van der Waals surface area (Å²) >= 11 is 0. The van der Waals surface area contributed by atoms with Crippen LogP contribution in [0, 0.1) is 13.8 Å². The molecule has 0 aliphatic rings. The van der Waals surface area contributed by atoms with E-state index in [0.717, 1.165) is 23.4 Å². The maximum atomic E-state index is 12.3. The molecule has 21 heavy (non-hydrogen) atoms. The second-order valence-electron chi connectivity index (χ2n) is 5.05. The van der Waals surface area contributed by atoms with Crippen LogP contribution in [-0.4, -0.2) is 19.9 Å². The molecule has 2 aromatic rings. The molecule has 0 radical (unpaired) electrons. The third-order valence-corrected chi connectivity index (χ3v) is 4.71. The topological polar surface area (TPSA) is 74.0 Å². The average Bonchev–Trinajstić information content (AvgIpc) is 2.90. The van der Waals surface area contributed by atoms with Gasteiger partial charge in [-0.25, -0.2) is 8.42 Å². The lowest BCUT2D eigenvalue weighted by Crippen LogP contribution is -2.13. The minimum Gasteiger partial charge on any atom is -0.363 e. The van der Waals surface area contributed by atoms with Gasteiger partial charge in [-0.15, -0.1) is 0 Å². The van der Waals surface area contributed by atoms with Gasteiger partial charge in [0.1, 0.15) is 4.90 Å². The van der Waals surface area contributed by atoms with Crippen molar-refractivity contribution in [3.05, 3.63) is 47.3 Å². The Kier molecular flexibility index (Phi) is 4.69. The van der Waals surface area contributed by atoms with Crippen LogP contribution in [0.1, 0.15) is 23.7 Å². The van der Waals surface area contributed by atoms with Gasteiger partial charge in [-0.05, 0) is 49.7 Å². The molecule has 3 N–H and O–H groups in total. The summed E-state index contributed by atoms with van der Waals surface area (Å²) in [7, 11) is -3.56. The maximum absolute atomic E-state index is 12.3. The summed E-state index contributed by atoms with van der Waals surface area (Å²) in [5, 5.41) is 3.15. The van der Waals surface area contributed by atoms with Gasteiger partial charge in [0.2, 0.25) is 0 Å². The van der Waals surface area contributed by atoms with E-state index in [2.05, 4.69) is 15.0 Å². The van der Waals surface area contributed by atoms with Crippen molar-refractivity contribution >= 4 is 15.7 Å². The first-order valence-corrected chi connectivity index (χ1v) is 8.39. The SMILES string of the molecule is CCNCc1cc(S(=O)(=O)Nc2ccc(C)c(C)c2)c[nH]1. The van der Waals surface area contributed by atoms with Crippen LogP contribution in [0.3, 0.4) is 0 Å². The third kappa shape index (κ3) is 3.86. The van der Waals surface area contributed by atoms with Gasteiger partial charge in [-0.1, -0.05) is 13.0 Å². The standard InChI is InChI=1S/C15H21N3O2S/c1-4-16-9-14-8-15(10-17-14)21(19,20)18-13-6-5-11(2)12(3)7-13/h5-8,10,16-18H,4,9H2,1-3H3. The number of anilines is 1. The minimum absolute atomic E-state index is 0.244. The molecule has 6 heteroatoms. The van der Waals surface area contributed by atoms with Crippen molar-refractivity contribution in [1.29, 1.82) is 0 Å². The fourth-order valence-electron chi connectivity index (χ4n) is 1.95. The lowest BCUT2D eigenvalue weighted by Gasteiger charge is -2.08. The third-order valence-electron chi connectivity index (χ3n) is 3.35. The molecule has 0 saturated heterocycles. The highest BCUT2D eigenvalue weighted by atomic mass is 32.2. The average molecular weight is 307 g/mol. The molecule has 0 spiro atoms. The number of H-pyrrole nitrogens is 1. The molecule has 0 unspecified atom stereocenters. The number of benzene rings is 1. The first-order valence-electron chi connectivity index (χ1n) is 6.90. The van der Waals surface area contributed by atoms with Crippen LogP contribution in [0.4, 0.5) is 5.69 Å². The van der Waals surface area contributed by atoms with E-state index in [1.807, 2.05) is 32.9 Å². The summed E-state index contributed by atoms with van der Waals surface area (Å²) in [4.78, 5) is 3.22. The van der Waals surface area contributed by atoms with E-state index in [1.165, 1.54) is 6.20 Å². The fourth-order valence-corrected chi connectivity index (χ4v) is 3.02. The Bertz CT molecular complexity index is 720. The molecule has 1 aromatic carbocycles. The number of hydrogen-bond donors (Lipinski definition) is 3. The largest absolute Gasteiger partial charge is 0.363 e. The van der Waals surface area contributed by atoms with Crippen molar-refractivity contribution in [3.8, 4) is 0 Å². The number of aromatic nitrogens is 1. The van der Waals surface area contributed by atoms with Crippen molar-refractivity contribution in [2.45, 2.75) is 32.2 Å². The fraction of sp³-hybridized carbons (Fsp3) is 0.333.